The molecule has 142 valence electrons. The van der Waals surface area contributed by atoms with Crippen molar-refractivity contribution in [3.63, 3.8) is 0 Å². The fraction of sp³-hybridized carbons (Fsp3) is 0.364. The molecule has 27 heavy (non-hydrogen) atoms. The number of aromatic amines is 1. The van der Waals surface area contributed by atoms with Gasteiger partial charge in [-0.1, -0.05) is 6.07 Å². The minimum atomic E-state index is -0.0838. The first kappa shape index (κ1) is 19.1. The lowest BCUT2D eigenvalue weighted by molar-refractivity contribution is 0.0939. The number of carbonyl (C=O) groups excluding carboxylic acids is 1. The van der Waals surface area contributed by atoms with Crippen LogP contribution in [0.15, 0.2) is 48.9 Å². The molecule has 0 atom stereocenters. The largest absolute Gasteiger partial charge is 0.361 e. The first-order valence-corrected chi connectivity index (χ1v) is 9.52. The second-order valence-electron chi connectivity index (χ2n) is 7.42. The lowest BCUT2D eigenvalue weighted by atomic mass is 10.0. The predicted molar refractivity (Wildman–Crippen MR) is 111 cm³/mol. The van der Waals surface area contributed by atoms with Crippen molar-refractivity contribution in [2.24, 2.45) is 0 Å². The summed E-state index contributed by atoms with van der Waals surface area (Å²) >= 11 is 0. The third kappa shape index (κ3) is 4.55. The standard InChI is InChI=1S/C22H28N4O/c1-15(2)26(16(3)4)10-9-25-22(27)20-12-19(13-23-14-20)17-5-6-21-18(11-17)7-8-24-21/h5-8,11-16,24H,9-10H2,1-4H3,(H,25,27). The summed E-state index contributed by atoms with van der Waals surface area (Å²) in [6.07, 6.45) is 5.34. The van der Waals surface area contributed by atoms with Gasteiger partial charge >= 0.3 is 0 Å². The molecule has 1 aromatic carbocycles. The highest BCUT2D eigenvalue weighted by Crippen LogP contribution is 2.24. The topological polar surface area (TPSA) is 61.0 Å². The van der Waals surface area contributed by atoms with Crippen molar-refractivity contribution < 1.29 is 4.79 Å². The van der Waals surface area contributed by atoms with Crippen molar-refractivity contribution in [2.45, 2.75) is 39.8 Å². The van der Waals surface area contributed by atoms with Gasteiger partial charge in [-0.25, -0.2) is 0 Å². The highest BCUT2D eigenvalue weighted by molar-refractivity contribution is 5.95. The molecule has 3 rings (SSSR count). The van der Waals surface area contributed by atoms with Crippen molar-refractivity contribution in [1.82, 2.24) is 20.2 Å². The Morgan fingerprint density at radius 2 is 1.85 bits per heavy atom. The van der Waals surface area contributed by atoms with E-state index in [0.29, 0.717) is 24.2 Å². The number of rotatable bonds is 7. The van der Waals surface area contributed by atoms with Crippen molar-refractivity contribution >= 4 is 16.8 Å². The zero-order valence-corrected chi connectivity index (χ0v) is 16.5. The third-order valence-electron chi connectivity index (χ3n) is 4.87. The van der Waals surface area contributed by atoms with E-state index in [1.165, 1.54) is 0 Å². The fourth-order valence-electron chi connectivity index (χ4n) is 3.47. The lowest BCUT2D eigenvalue weighted by Crippen LogP contribution is -2.42. The van der Waals surface area contributed by atoms with Crippen molar-refractivity contribution in [1.29, 1.82) is 0 Å². The molecule has 0 aliphatic rings. The Labute approximate surface area is 160 Å². The van der Waals surface area contributed by atoms with Gasteiger partial charge in [-0.3, -0.25) is 14.7 Å². The minimum absolute atomic E-state index is 0.0838. The normalized spacial score (nSPS) is 11.7. The first-order valence-electron chi connectivity index (χ1n) is 9.52. The summed E-state index contributed by atoms with van der Waals surface area (Å²) in [5.41, 5.74) is 3.68. The quantitative estimate of drug-likeness (QED) is 0.664. The van der Waals surface area contributed by atoms with Gasteiger partial charge < -0.3 is 10.3 Å². The molecule has 0 bridgehead atoms. The van der Waals surface area contributed by atoms with Crippen LogP contribution in [0.25, 0.3) is 22.0 Å². The molecule has 3 aromatic rings. The van der Waals surface area contributed by atoms with E-state index < -0.39 is 0 Å². The number of H-pyrrole nitrogens is 1. The molecule has 5 heteroatoms. The monoisotopic (exact) mass is 364 g/mol. The van der Waals surface area contributed by atoms with Crippen LogP contribution in [-0.2, 0) is 0 Å². The van der Waals surface area contributed by atoms with E-state index in [1.54, 1.807) is 12.4 Å². The first-order chi connectivity index (χ1) is 13.0. The Morgan fingerprint density at radius 1 is 1.07 bits per heavy atom. The average molecular weight is 364 g/mol. The summed E-state index contributed by atoms with van der Waals surface area (Å²) in [5.74, 6) is -0.0838. The number of hydrogen-bond acceptors (Lipinski definition) is 3. The molecule has 0 saturated heterocycles. The Morgan fingerprint density at radius 3 is 2.59 bits per heavy atom. The van der Waals surface area contributed by atoms with E-state index in [9.17, 15) is 4.79 Å². The molecule has 0 aliphatic heterocycles. The van der Waals surface area contributed by atoms with Crippen LogP contribution in [0.2, 0.25) is 0 Å². The Balaban J connectivity index is 1.68. The van der Waals surface area contributed by atoms with Gasteiger partial charge in [0.25, 0.3) is 5.91 Å². The number of hydrogen-bond donors (Lipinski definition) is 2. The van der Waals surface area contributed by atoms with E-state index in [2.05, 4.69) is 53.9 Å². The van der Waals surface area contributed by atoms with Crippen LogP contribution in [-0.4, -0.2) is 45.9 Å². The summed E-state index contributed by atoms with van der Waals surface area (Å²) in [5, 5.41) is 4.16. The Kier molecular flexibility index (Phi) is 5.91. The van der Waals surface area contributed by atoms with Crippen LogP contribution in [0.1, 0.15) is 38.1 Å². The van der Waals surface area contributed by atoms with Crippen LogP contribution < -0.4 is 5.32 Å². The number of nitrogens with one attached hydrogen (secondary N) is 2. The molecule has 1 amide bonds. The highest BCUT2D eigenvalue weighted by Gasteiger charge is 2.14. The number of benzene rings is 1. The summed E-state index contributed by atoms with van der Waals surface area (Å²) < 4.78 is 0. The van der Waals surface area contributed by atoms with E-state index in [4.69, 9.17) is 0 Å². The lowest BCUT2D eigenvalue weighted by Gasteiger charge is -2.30. The second kappa shape index (κ2) is 8.35. The number of aromatic nitrogens is 2. The summed E-state index contributed by atoms with van der Waals surface area (Å²) in [6, 6.07) is 11.0. The molecule has 0 aliphatic carbocycles. The Bertz CT molecular complexity index is 905. The zero-order chi connectivity index (χ0) is 19.4. The van der Waals surface area contributed by atoms with Gasteiger partial charge in [0.2, 0.25) is 0 Å². The van der Waals surface area contributed by atoms with Gasteiger partial charge in [0.1, 0.15) is 0 Å². The van der Waals surface area contributed by atoms with Crippen molar-refractivity contribution in [3.8, 4) is 11.1 Å². The zero-order valence-electron chi connectivity index (χ0n) is 16.5. The van der Waals surface area contributed by atoms with Crippen LogP contribution in [0.4, 0.5) is 0 Å². The summed E-state index contributed by atoms with van der Waals surface area (Å²) in [4.78, 5) is 22.4. The van der Waals surface area contributed by atoms with Crippen molar-refractivity contribution in [2.75, 3.05) is 13.1 Å². The molecule has 2 heterocycles. The molecular formula is C22H28N4O. The fourth-order valence-corrected chi connectivity index (χ4v) is 3.47. The van der Waals surface area contributed by atoms with E-state index >= 15 is 0 Å². The summed E-state index contributed by atoms with van der Waals surface area (Å²) in [7, 11) is 0. The Hall–Kier alpha value is -2.66. The van der Waals surface area contributed by atoms with Crippen molar-refractivity contribution in [3.05, 3.63) is 54.5 Å². The van der Waals surface area contributed by atoms with Gasteiger partial charge in [0.05, 0.1) is 5.56 Å². The number of fused-ring (bicyclic) bond motifs is 1. The minimum Gasteiger partial charge on any atom is -0.361 e. The van der Waals surface area contributed by atoms with Gasteiger partial charge in [0.15, 0.2) is 0 Å². The van der Waals surface area contributed by atoms with E-state index in [-0.39, 0.29) is 5.91 Å². The highest BCUT2D eigenvalue weighted by atomic mass is 16.1. The molecule has 0 unspecified atom stereocenters. The smallest absolute Gasteiger partial charge is 0.252 e. The number of amides is 1. The molecule has 0 saturated carbocycles. The van der Waals surface area contributed by atoms with E-state index in [1.807, 2.05) is 30.5 Å². The molecule has 0 fully saturated rings. The maximum absolute atomic E-state index is 12.5. The maximum atomic E-state index is 12.5. The van der Waals surface area contributed by atoms with Gasteiger partial charge in [-0.15, -0.1) is 0 Å². The van der Waals surface area contributed by atoms with Gasteiger partial charge in [-0.2, -0.15) is 0 Å². The number of pyridine rings is 1. The molecule has 5 nitrogen and oxygen atoms in total. The van der Waals surface area contributed by atoms with Gasteiger partial charge in [-0.05, 0) is 62.9 Å². The van der Waals surface area contributed by atoms with Crippen LogP contribution in [0.3, 0.4) is 0 Å². The molecule has 2 aromatic heterocycles. The molecule has 2 N–H and O–H groups in total. The maximum Gasteiger partial charge on any atom is 0.252 e. The average Bonchev–Trinajstić information content (AvgIpc) is 3.12. The predicted octanol–water partition coefficient (Wildman–Crippen LogP) is 4.08. The number of carbonyl (C=O) groups is 1. The second-order valence-corrected chi connectivity index (χ2v) is 7.42. The molecule has 0 radical (unpaired) electrons. The van der Waals surface area contributed by atoms with Gasteiger partial charge in [0, 0.05) is 54.8 Å². The SMILES string of the molecule is CC(C)N(CCNC(=O)c1cncc(-c2ccc3[nH]ccc3c2)c1)C(C)C. The van der Waals surface area contributed by atoms with Crippen LogP contribution in [0, 0.1) is 0 Å². The third-order valence-corrected chi connectivity index (χ3v) is 4.87. The number of nitrogens with zero attached hydrogens (tertiary/aromatic N) is 2. The molecule has 0 spiro atoms. The van der Waals surface area contributed by atoms with Crippen LogP contribution >= 0.6 is 0 Å². The van der Waals surface area contributed by atoms with E-state index in [0.717, 1.165) is 28.6 Å². The van der Waals surface area contributed by atoms with Crippen LogP contribution in [0.5, 0.6) is 0 Å². The molecular weight excluding hydrogens is 336 g/mol. The summed E-state index contributed by atoms with van der Waals surface area (Å²) in [6.45, 7) is 10.2.